The van der Waals surface area contributed by atoms with E-state index in [1.54, 1.807) is 17.0 Å². The molecule has 178 valence electrons. The number of hydrogen-bond acceptors (Lipinski definition) is 4. The number of halogens is 2. The van der Waals surface area contributed by atoms with E-state index in [1.807, 2.05) is 14.0 Å². The molecule has 2 saturated heterocycles. The molecule has 1 atom stereocenters. The third-order valence-electron chi connectivity index (χ3n) is 6.87. The Morgan fingerprint density at radius 3 is 2.71 bits per heavy atom. The van der Waals surface area contributed by atoms with Gasteiger partial charge in [0.05, 0.1) is 12.1 Å². The summed E-state index contributed by atoms with van der Waals surface area (Å²) in [5.74, 6) is -1.21. The van der Waals surface area contributed by atoms with E-state index in [1.165, 1.54) is 24.3 Å². The number of carbonyl (C=O) groups excluding carboxylic acids is 2. The summed E-state index contributed by atoms with van der Waals surface area (Å²) in [6.45, 7) is 5.21. The summed E-state index contributed by atoms with van der Waals surface area (Å²) in [5.41, 5.74) is 2.60. The Hall–Kier alpha value is -3.46. The predicted molar refractivity (Wildman–Crippen MR) is 127 cm³/mol. The van der Waals surface area contributed by atoms with Gasteiger partial charge in [-0.15, -0.1) is 0 Å². The van der Waals surface area contributed by atoms with Crippen LogP contribution < -0.4 is 10.2 Å². The van der Waals surface area contributed by atoms with Crippen LogP contribution in [0, 0.1) is 18.6 Å². The molecule has 2 aliphatic heterocycles. The predicted octanol–water partition coefficient (Wildman–Crippen LogP) is 3.36. The molecule has 3 aromatic rings. The average Bonchev–Trinajstić information content (AvgIpc) is 3.47. The van der Waals surface area contributed by atoms with E-state index >= 15 is 0 Å². The Morgan fingerprint density at radius 2 is 1.94 bits per heavy atom. The first kappa shape index (κ1) is 22.3. The van der Waals surface area contributed by atoms with Crippen molar-refractivity contribution in [2.45, 2.75) is 19.4 Å². The van der Waals surface area contributed by atoms with Gasteiger partial charge in [0.15, 0.2) is 0 Å². The quantitative estimate of drug-likeness (QED) is 0.617. The number of aromatic amines is 1. The zero-order chi connectivity index (χ0) is 24.0. The molecule has 2 amide bonds. The molecule has 0 unspecified atom stereocenters. The van der Waals surface area contributed by atoms with Gasteiger partial charge < -0.3 is 20.1 Å². The minimum Gasteiger partial charge on any atom is -0.370 e. The molecule has 9 heteroatoms. The highest BCUT2D eigenvalue weighted by molar-refractivity contribution is 6.06. The van der Waals surface area contributed by atoms with E-state index in [0.29, 0.717) is 41.9 Å². The van der Waals surface area contributed by atoms with Crippen molar-refractivity contribution in [3.63, 3.8) is 0 Å². The summed E-state index contributed by atoms with van der Waals surface area (Å²) in [5, 5.41) is 3.07. The smallest absolute Gasteiger partial charge is 0.272 e. The fourth-order valence-corrected chi connectivity index (χ4v) is 4.84. The van der Waals surface area contributed by atoms with E-state index < -0.39 is 17.5 Å². The van der Waals surface area contributed by atoms with Crippen LogP contribution in [0.25, 0.3) is 10.9 Å². The van der Waals surface area contributed by atoms with Crippen LogP contribution in [0.1, 0.15) is 22.5 Å². The Kier molecular flexibility index (Phi) is 5.73. The lowest BCUT2D eigenvalue weighted by Gasteiger charge is -2.35. The average molecular weight is 468 g/mol. The molecule has 2 fully saturated rings. The van der Waals surface area contributed by atoms with Gasteiger partial charge in [0, 0.05) is 56.0 Å². The molecule has 2 aromatic carbocycles. The topological polar surface area (TPSA) is 71.7 Å². The van der Waals surface area contributed by atoms with E-state index in [-0.39, 0.29) is 17.6 Å². The molecule has 0 bridgehead atoms. The zero-order valence-corrected chi connectivity index (χ0v) is 19.2. The maximum absolute atomic E-state index is 14.5. The number of nitrogens with one attached hydrogen (secondary N) is 2. The maximum Gasteiger partial charge on any atom is 0.272 e. The number of benzene rings is 2. The third kappa shape index (κ3) is 4.23. The van der Waals surface area contributed by atoms with Crippen LogP contribution in [0.4, 0.5) is 20.2 Å². The van der Waals surface area contributed by atoms with E-state index in [0.717, 1.165) is 25.1 Å². The number of hydrogen-bond donors (Lipinski definition) is 2. The fraction of sp³-hybridized carbons (Fsp3) is 0.360. The lowest BCUT2D eigenvalue weighted by molar-refractivity contribution is -0.135. The van der Waals surface area contributed by atoms with Gasteiger partial charge in [-0.05, 0) is 49.2 Å². The van der Waals surface area contributed by atoms with Crippen LogP contribution in [-0.2, 0) is 4.79 Å². The van der Waals surface area contributed by atoms with Crippen molar-refractivity contribution in [2.75, 3.05) is 50.0 Å². The van der Waals surface area contributed by atoms with Crippen LogP contribution in [0.15, 0.2) is 36.4 Å². The SMILES string of the molecule is Cc1ccc(F)c2cc(C(=O)Nc3cc(F)cc(N4CC[C@@H](N5CCN(C)C(=O)C5)C4)c3)[nH]c12. The largest absolute Gasteiger partial charge is 0.370 e. The monoisotopic (exact) mass is 467 g/mol. The summed E-state index contributed by atoms with van der Waals surface area (Å²) in [6, 6.07) is 9.17. The van der Waals surface area contributed by atoms with Gasteiger partial charge in [-0.2, -0.15) is 0 Å². The number of aryl methyl sites for hydroxylation is 1. The first-order valence-electron chi connectivity index (χ1n) is 11.4. The molecule has 7 nitrogen and oxygen atoms in total. The molecule has 0 aliphatic carbocycles. The van der Waals surface area contributed by atoms with Crippen LogP contribution in [0.3, 0.4) is 0 Å². The maximum atomic E-state index is 14.5. The normalized spacial score (nSPS) is 19.3. The fourth-order valence-electron chi connectivity index (χ4n) is 4.84. The second-order valence-corrected chi connectivity index (χ2v) is 9.16. The highest BCUT2D eigenvalue weighted by Gasteiger charge is 2.32. The molecule has 0 spiro atoms. The second-order valence-electron chi connectivity index (χ2n) is 9.16. The molecular weight excluding hydrogens is 440 g/mol. The van der Waals surface area contributed by atoms with Gasteiger partial charge in [0.25, 0.3) is 5.91 Å². The van der Waals surface area contributed by atoms with Gasteiger partial charge in [-0.25, -0.2) is 8.78 Å². The summed E-state index contributed by atoms with van der Waals surface area (Å²) in [4.78, 5) is 33.9. The number of aromatic nitrogens is 1. The Labute approximate surface area is 196 Å². The molecule has 0 radical (unpaired) electrons. The first-order valence-corrected chi connectivity index (χ1v) is 11.4. The van der Waals surface area contributed by atoms with Crippen molar-refractivity contribution in [2.24, 2.45) is 0 Å². The standard InChI is InChI=1S/C25H27F2N5O2/c1-15-3-4-21(27)20-12-22(29-24(15)20)25(34)28-17-9-16(26)10-19(11-17)31-6-5-18(13-31)32-8-7-30(2)23(33)14-32/h3-4,9-12,18,29H,5-8,13-14H2,1-2H3,(H,28,34)/t18-/m1/s1. The van der Waals surface area contributed by atoms with Crippen molar-refractivity contribution in [3.8, 4) is 0 Å². The van der Waals surface area contributed by atoms with Crippen molar-refractivity contribution in [1.82, 2.24) is 14.8 Å². The molecule has 2 N–H and O–H groups in total. The lowest BCUT2D eigenvalue weighted by Crippen LogP contribution is -2.52. The van der Waals surface area contributed by atoms with Crippen LogP contribution in [0.5, 0.6) is 0 Å². The zero-order valence-electron chi connectivity index (χ0n) is 19.2. The highest BCUT2D eigenvalue weighted by Crippen LogP contribution is 2.28. The summed E-state index contributed by atoms with van der Waals surface area (Å²) in [6.07, 6.45) is 0.884. The number of carbonyl (C=O) groups is 2. The Bertz CT molecular complexity index is 1230. The van der Waals surface area contributed by atoms with Gasteiger partial charge >= 0.3 is 0 Å². The van der Waals surface area contributed by atoms with E-state index in [2.05, 4.69) is 20.1 Å². The lowest BCUT2D eigenvalue weighted by atomic mass is 10.1. The van der Waals surface area contributed by atoms with Crippen molar-refractivity contribution in [1.29, 1.82) is 0 Å². The molecule has 1 aromatic heterocycles. The molecule has 0 saturated carbocycles. The molecular formula is C25H27F2N5O2. The van der Waals surface area contributed by atoms with E-state index in [4.69, 9.17) is 0 Å². The van der Waals surface area contributed by atoms with Gasteiger partial charge in [-0.1, -0.05) is 6.07 Å². The number of anilines is 2. The third-order valence-corrected chi connectivity index (χ3v) is 6.87. The van der Waals surface area contributed by atoms with Crippen LogP contribution in [0.2, 0.25) is 0 Å². The van der Waals surface area contributed by atoms with Crippen molar-refractivity contribution < 1.29 is 18.4 Å². The number of rotatable bonds is 4. The number of H-pyrrole nitrogens is 1. The molecule has 34 heavy (non-hydrogen) atoms. The van der Waals surface area contributed by atoms with Crippen LogP contribution >= 0.6 is 0 Å². The van der Waals surface area contributed by atoms with Gasteiger partial charge in [0.1, 0.15) is 17.3 Å². The number of piperazine rings is 1. The van der Waals surface area contributed by atoms with Gasteiger partial charge in [0.2, 0.25) is 5.91 Å². The summed E-state index contributed by atoms with van der Waals surface area (Å²) >= 11 is 0. The number of likely N-dealkylation sites (N-methyl/N-ethyl adjacent to an activating group) is 1. The van der Waals surface area contributed by atoms with Crippen LogP contribution in [-0.4, -0.2) is 72.4 Å². The Morgan fingerprint density at radius 1 is 1.12 bits per heavy atom. The van der Waals surface area contributed by atoms with Crippen molar-refractivity contribution >= 4 is 34.1 Å². The molecule has 3 heterocycles. The Balaban J connectivity index is 1.31. The number of nitrogens with zero attached hydrogens (tertiary/aromatic N) is 3. The first-order chi connectivity index (χ1) is 16.3. The highest BCUT2D eigenvalue weighted by atomic mass is 19.1. The number of amides is 2. The van der Waals surface area contributed by atoms with Gasteiger partial charge in [-0.3, -0.25) is 14.5 Å². The summed E-state index contributed by atoms with van der Waals surface area (Å²) < 4.78 is 28.6. The second kappa shape index (κ2) is 8.72. The van der Waals surface area contributed by atoms with E-state index in [9.17, 15) is 18.4 Å². The minimum absolute atomic E-state index is 0.118. The molecule has 5 rings (SSSR count). The summed E-state index contributed by atoms with van der Waals surface area (Å²) in [7, 11) is 1.82. The minimum atomic E-state index is -0.471. The number of fused-ring (bicyclic) bond motifs is 1. The molecule has 2 aliphatic rings. The van der Waals surface area contributed by atoms with Crippen molar-refractivity contribution in [3.05, 3.63) is 59.3 Å².